The standard InChI is InChI=1S/C21H29N5O2.HI/c1-22-21(23-9-11-25-12-14-28-15-13-25)24-16-18-5-7-19(8-6-18)17-26-10-3-2-4-20(26)27;/h2-8,10H,9,11-17H2,1H3,(H2,22,23,24);1H. The molecule has 0 radical (unpaired) electrons. The zero-order valence-electron chi connectivity index (χ0n) is 16.8. The molecule has 0 aliphatic carbocycles. The van der Waals surface area contributed by atoms with Crippen molar-refractivity contribution in [3.8, 4) is 0 Å². The Morgan fingerprint density at radius 3 is 2.48 bits per heavy atom. The second-order valence-electron chi connectivity index (χ2n) is 6.79. The molecule has 0 atom stereocenters. The molecule has 1 aliphatic rings. The molecule has 158 valence electrons. The Labute approximate surface area is 189 Å². The Balaban J connectivity index is 0.00000300. The van der Waals surface area contributed by atoms with Crippen molar-refractivity contribution in [3.63, 3.8) is 0 Å². The van der Waals surface area contributed by atoms with Gasteiger partial charge in [0.15, 0.2) is 5.96 Å². The van der Waals surface area contributed by atoms with Crippen molar-refractivity contribution in [2.75, 3.05) is 46.4 Å². The van der Waals surface area contributed by atoms with E-state index < -0.39 is 0 Å². The van der Waals surface area contributed by atoms with Gasteiger partial charge in [0.1, 0.15) is 0 Å². The van der Waals surface area contributed by atoms with Gasteiger partial charge in [0.05, 0.1) is 19.8 Å². The van der Waals surface area contributed by atoms with E-state index in [4.69, 9.17) is 4.74 Å². The van der Waals surface area contributed by atoms with E-state index in [1.165, 1.54) is 5.56 Å². The summed E-state index contributed by atoms with van der Waals surface area (Å²) >= 11 is 0. The summed E-state index contributed by atoms with van der Waals surface area (Å²) < 4.78 is 7.07. The zero-order valence-corrected chi connectivity index (χ0v) is 19.2. The quantitative estimate of drug-likeness (QED) is 0.335. The number of ether oxygens (including phenoxy) is 1. The average molecular weight is 511 g/mol. The summed E-state index contributed by atoms with van der Waals surface area (Å²) in [5.41, 5.74) is 2.28. The molecule has 29 heavy (non-hydrogen) atoms. The Morgan fingerprint density at radius 1 is 1.07 bits per heavy atom. The number of aliphatic imine (C=N–C) groups is 1. The Kier molecular flexibility index (Phi) is 10.2. The minimum absolute atomic E-state index is 0. The van der Waals surface area contributed by atoms with Crippen LogP contribution in [0.25, 0.3) is 0 Å². The average Bonchev–Trinajstić information content (AvgIpc) is 2.74. The molecular weight excluding hydrogens is 481 g/mol. The number of pyridine rings is 1. The van der Waals surface area contributed by atoms with Crippen molar-refractivity contribution in [1.29, 1.82) is 0 Å². The monoisotopic (exact) mass is 511 g/mol. The number of morpholine rings is 1. The molecule has 3 rings (SSSR count). The Morgan fingerprint density at radius 2 is 1.79 bits per heavy atom. The second kappa shape index (κ2) is 12.6. The number of rotatable bonds is 7. The number of nitrogens with zero attached hydrogens (tertiary/aromatic N) is 3. The molecule has 0 saturated carbocycles. The summed E-state index contributed by atoms with van der Waals surface area (Å²) in [4.78, 5) is 18.5. The van der Waals surface area contributed by atoms with Crippen LogP contribution in [-0.4, -0.2) is 61.9 Å². The van der Waals surface area contributed by atoms with Crippen LogP contribution in [0.2, 0.25) is 0 Å². The molecule has 1 saturated heterocycles. The topological polar surface area (TPSA) is 70.9 Å². The van der Waals surface area contributed by atoms with Gasteiger partial charge in [-0.1, -0.05) is 30.3 Å². The number of hydrogen-bond acceptors (Lipinski definition) is 4. The summed E-state index contributed by atoms with van der Waals surface area (Å²) in [5, 5.41) is 6.70. The fourth-order valence-electron chi connectivity index (χ4n) is 3.11. The van der Waals surface area contributed by atoms with Crippen LogP contribution in [0.15, 0.2) is 58.4 Å². The van der Waals surface area contributed by atoms with E-state index >= 15 is 0 Å². The van der Waals surface area contributed by atoms with Crippen LogP contribution in [0.1, 0.15) is 11.1 Å². The lowest BCUT2D eigenvalue weighted by molar-refractivity contribution is 0.0389. The highest BCUT2D eigenvalue weighted by molar-refractivity contribution is 14.0. The van der Waals surface area contributed by atoms with E-state index in [9.17, 15) is 4.79 Å². The molecule has 2 heterocycles. The van der Waals surface area contributed by atoms with Gasteiger partial charge in [0, 0.05) is 52.0 Å². The lowest BCUT2D eigenvalue weighted by Gasteiger charge is -2.26. The van der Waals surface area contributed by atoms with Gasteiger partial charge < -0.3 is 19.9 Å². The second-order valence-corrected chi connectivity index (χ2v) is 6.79. The molecule has 8 heteroatoms. The summed E-state index contributed by atoms with van der Waals surface area (Å²) in [7, 11) is 1.78. The molecule has 1 fully saturated rings. The predicted octanol–water partition coefficient (Wildman–Crippen LogP) is 1.51. The molecule has 0 unspecified atom stereocenters. The van der Waals surface area contributed by atoms with Crippen LogP contribution in [0.3, 0.4) is 0 Å². The number of benzene rings is 1. The Bertz CT molecular complexity index is 816. The maximum atomic E-state index is 11.8. The Hall–Kier alpha value is -1.91. The predicted molar refractivity (Wildman–Crippen MR) is 127 cm³/mol. The smallest absolute Gasteiger partial charge is 0.250 e. The first-order valence-electron chi connectivity index (χ1n) is 9.72. The largest absolute Gasteiger partial charge is 0.379 e. The highest BCUT2D eigenvalue weighted by atomic mass is 127. The molecule has 1 aromatic carbocycles. The SMILES string of the molecule is CN=C(NCCN1CCOCC1)NCc1ccc(Cn2ccccc2=O)cc1.I. The van der Waals surface area contributed by atoms with E-state index in [2.05, 4.69) is 44.8 Å². The molecular formula is C21H30IN5O2. The van der Waals surface area contributed by atoms with Crippen LogP contribution >= 0.6 is 24.0 Å². The van der Waals surface area contributed by atoms with Gasteiger partial charge >= 0.3 is 0 Å². The molecule has 7 nitrogen and oxygen atoms in total. The summed E-state index contributed by atoms with van der Waals surface area (Å²) in [5.74, 6) is 0.799. The minimum Gasteiger partial charge on any atom is -0.379 e. The molecule has 0 bridgehead atoms. The highest BCUT2D eigenvalue weighted by Gasteiger charge is 2.09. The maximum absolute atomic E-state index is 11.8. The van der Waals surface area contributed by atoms with Crippen LogP contribution in [0, 0.1) is 0 Å². The number of aromatic nitrogens is 1. The normalized spacial score (nSPS) is 14.9. The molecule has 0 amide bonds. The lowest BCUT2D eigenvalue weighted by Crippen LogP contribution is -2.44. The van der Waals surface area contributed by atoms with Gasteiger partial charge in [-0.25, -0.2) is 0 Å². The van der Waals surface area contributed by atoms with E-state index in [-0.39, 0.29) is 29.5 Å². The third-order valence-electron chi connectivity index (χ3n) is 4.78. The summed E-state index contributed by atoms with van der Waals surface area (Å²) in [6, 6.07) is 13.5. The number of hydrogen-bond donors (Lipinski definition) is 2. The third kappa shape index (κ3) is 7.79. The fraction of sp³-hybridized carbons (Fsp3) is 0.429. The highest BCUT2D eigenvalue weighted by Crippen LogP contribution is 2.05. The number of nitrogens with one attached hydrogen (secondary N) is 2. The number of guanidine groups is 1. The van der Waals surface area contributed by atoms with Gasteiger partial charge in [-0.3, -0.25) is 14.7 Å². The molecule has 2 N–H and O–H groups in total. The molecule has 0 spiro atoms. The van der Waals surface area contributed by atoms with Gasteiger partial charge in [0.25, 0.3) is 5.56 Å². The first-order chi connectivity index (χ1) is 13.7. The van der Waals surface area contributed by atoms with Crippen molar-refractivity contribution >= 4 is 29.9 Å². The van der Waals surface area contributed by atoms with Crippen molar-refractivity contribution < 1.29 is 4.74 Å². The maximum Gasteiger partial charge on any atom is 0.250 e. The van der Waals surface area contributed by atoms with E-state index in [1.807, 2.05) is 12.3 Å². The molecule has 1 aromatic heterocycles. The van der Waals surface area contributed by atoms with Crippen molar-refractivity contribution in [2.24, 2.45) is 4.99 Å². The van der Waals surface area contributed by atoms with Crippen molar-refractivity contribution in [2.45, 2.75) is 13.1 Å². The van der Waals surface area contributed by atoms with Gasteiger partial charge in [-0.15, -0.1) is 24.0 Å². The number of halogens is 1. The fourth-order valence-corrected chi connectivity index (χ4v) is 3.11. The first kappa shape index (κ1) is 23.4. The van der Waals surface area contributed by atoms with Gasteiger partial charge in [0.2, 0.25) is 0 Å². The minimum atomic E-state index is 0. The molecule has 2 aromatic rings. The third-order valence-corrected chi connectivity index (χ3v) is 4.78. The lowest BCUT2D eigenvalue weighted by atomic mass is 10.1. The summed E-state index contributed by atoms with van der Waals surface area (Å²) in [6.07, 6.45) is 1.81. The van der Waals surface area contributed by atoms with Crippen LogP contribution in [-0.2, 0) is 17.8 Å². The van der Waals surface area contributed by atoms with E-state index in [0.29, 0.717) is 13.1 Å². The van der Waals surface area contributed by atoms with Gasteiger partial charge in [-0.05, 0) is 17.2 Å². The zero-order chi connectivity index (χ0) is 19.6. The summed E-state index contributed by atoms with van der Waals surface area (Å²) in [6.45, 7) is 6.75. The van der Waals surface area contributed by atoms with Crippen molar-refractivity contribution in [3.05, 3.63) is 70.1 Å². The van der Waals surface area contributed by atoms with Crippen LogP contribution in [0.4, 0.5) is 0 Å². The molecule has 1 aliphatic heterocycles. The van der Waals surface area contributed by atoms with Crippen molar-refractivity contribution in [1.82, 2.24) is 20.1 Å². The van der Waals surface area contributed by atoms with Gasteiger partial charge in [-0.2, -0.15) is 0 Å². The van der Waals surface area contributed by atoms with E-state index in [0.717, 1.165) is 50.9 Å². The first-order valence-corrected chi connectivity index (χ1v) is 9.72. The van der Waals surface area contributed by atoms with Crippen LogP contribution in [0.5, 0.6) is 0 Å². The van der Waals surface area contributed by atoms with Crippen LogP contribution < -0.4 is 16.2 Å². The van der Waals surface area contributed by atoms with E-state index in [1.54, 1.807) is 23.7 Å².